The van der Waals surface area contributed by atoms with Gasteiger partial charge in [-0.3, -0.25) is 9.59 Å². The summed E-state index contributed by atoms with van der Waals surface area (Å²) < 4.78 is 0. The maximum absolute atomic E-state index is 12.1. The smallest absolute Gasteiger partial charge is 0.185 e. The number of ketones is 2. The first-order valence-electron chi connectivity index (χ1n) is 12.5. The van der Waals surface area contributed by atoms with Gasteiger partial charge in [-0.05, 0) is 57.5 Å². The molecule has 4 aromatic rings. The Hall–Kier alpha value is -7.06. The van der Waals surface area contributed by atoms with Crippen LogP contribution >= 0.6 is 0 Å². The van der Waals surface area contributed by atoms with E-state index < -0.39 is 0 Å². The lowest BCUT2D eigenvalue weighted by atomic mass is 10.1. The predicted octanol–water partition coefficient (Wildman–Crippen LogP) is 10.9. The molecule has 0 N–H and O–H groups in total. The fourth-order valence-corrected chi connectivity index (χ4v) is 3.50. The van der Waals surface area contributed by atoms with E-state index in [-0.39, 0.29) is 11.6 Å². The molecule has 0 amide bonds. The van der Waals surface area contributed by atoms with E-state index in [4.69, 9.17) is 22.1 Å². The molecule has 212 valence electrons. The van der Waals surface area contributed by atoms with Crippen LogP contribution in [0.25, 0.3) is 53.9 Å². The zero-order valence-corrected chi connectivity index (χ0v) is 22.7. The molecular formula is C30H20N12O2. The quantitative estimate of drug-likeness (QED) is 0.0585. The van der Waals surface area contributed by atoms with Gasteiger partial charge in [-0.1, -0.05) is 118 Å². The fourth-order valence-electron chi connectivity index (χ4n) is 3.50. The number of carbonyl (C=O) groups is 2. The Morgan fingerprint density at radius 3 is 1.50 bits per heavy atom. The van der Waals surface area contributed by atoms with Crippen molar-refractivity contribution in [3.63, 3.8) is 0 Å². The molecule has 0 saturated carbocycles. The monoisotopic (exact) mass is 580 g/mol. The van der Waals surface area contributed by atoms with Crippen molar-refractivity contribution in [2.75, 3.05) is 0 Å². The largest absolute Gasteiger partial charge is 0.289 e. The third kappa shape index (κ3) is 10.2. The van der Waals surface area contributed by atoms with Gasteiger partial charge in [0.15, 0.2) is 11.6 Å². The van der Waals surface area contributed by atoms with Crippen LogP contribution < -0.4 is 0 Å². The first-order valence-corrected chi connectivity index (χ1v) is 12.5. The van der Waals surface area contributed by atoms with Crippen molar-refractivity contribution in [1.82, 2.24) is 0 Å². The molecule has 44 heavy (non-hydrogen) atoms. The molecular weight excluding hydrogens is 560 g/mol. The van der Waals surface area contributed by atoms with Crippen LogP contribution in [0, 0.1) is 0 Å². The zero-order chi connectivity index (χ0) is 31.6. The van der Waals surface area contributed by atoms with Gasteiger partial charge in [0.2, 0.25) is 0 Å². The van der Waals surface area contributed by atoms with Gasteiger partial charge in [0.25, 0.3) is 0 Å². The molecule has 0 aliphatic carbocycles. The number of hydrogen-bond donors (Lipinski definition) is 0. The summed E-state index contributed by atoms with van der Waals surface area (Å²) in [5.41, 5.74) is 37.7. The zero-order valence-electron chi connectivity index (χ0n) is 22.7. The molecule has 0 aromatic heterocycles. The molecule has 14 nitrogen and oxygen atoms in total. The number of rotatable bonds is 10. The van der Waals surface area contributed by atoms with Gasteiger partial charge in [-0.2, -0.15) is 0 Å². The van der Waals surface area contributed by atoms with Gasteiger partial charge in [0, 0.05) is 53.5 Å². The van der Waals surface area contributed by atoms with Gasteiger partial charge >= 0.3 is 0 Å². The van der Waals surface area contributed by atoms with Crippen LogP contribution in [-0.4, -0.2) is 11.6 Å². The van der Waals surface area contributed by atoms with Gasteiger partial charge < -0.3 is 0 Å². The summed E-state index contributed by atoms with van der Waals surface area (Å²) in [5.74, 6) is -0.379. The molecule has 14 heteroatoms. The Morgan fingerprint density at radius 1 is 0.477 bits per heavy atom. The van der Waals surface area contributed by atoms with Crippen LogP contribution in [0.2, 0.25) is 0 Å². The van der Waals surface area contributed by atoms with E-state index in [0.717, 1.165) is 11.1 Å². The van der Waals surface area contributed by atoms with Crippen LogP contribution in [0.15, 0.2) is 130 Å². The van der Waals surface area contributed by atoms with Crippen LogP contribution in [0.3, 0.4) is 0 Å². The van der Waals surface area contributed by atoms with E-state index in [1.54, 1.807) is 103 Å². The topological polar surface area (TPSA) is 229 Å². The molecule has 0 radical (unpaired) electrons. The number of azide groups is 4. The Morgan fingerprint density at radius 2 is 0.932 bits per heavy atom. The predicted molar refractivity (Wildman–Crippen MR) is 168 cm³/mol. The Labute approximate surface area is 249 Å². The van der Waals surface area contributed by atoms with Crippen LogP contribution in [-0.2, 0) is 0 Å². The summed E-state index contributed by atoms with van der Waals surface area (Å²) in [6.07, 6.45) is 6.15. The second kappa shape index (κ2) is 16.9. The fraction of sp³-hybridized carbons (Fsp3) is 0. The summed E-state index contributed by atoms with van der Waals surface area (Å²) in [6, 6.07) is 26.5. The highest BCUT2D eigenvalue weighted by atomic mass is 16.1. The highest BCUT2D eigenvalue weighted by Gasteiger charge is 2.03. The van der Waals surface area contributed by atoms with Crippen molar-refractivity contribution in [3.05, 3.63) is 173 Å². The summed E-state index contributed by atoms with van der Waals surface area (Å²) in [7, 11) is 0. The van der Waals surface area contributed by atoms with Gasteiger partial charge in [0.1, 0.15) is 0 Å². The normalized spacial score (nSPS) is 9.82. The standard InChI is InChI=1S/2C15H10N6O/c16-20-18-13-6-1-11(2-7-13)3-10-15(22)12-4-8-14(9-5-12)19-21-17;16-20-18-13-5-1-3-11(9-13)7-8-15(22)12-4-2-6-14(10-12)19-21-17/h2*1-10H. The summed E-state index contributed by atoms with van der Waals surface area (Å²) in [5, 5.41) is 13.9. The molecule has 0 bridgehead atoms. The van der Waals surface area contributed by atoms with E-state index in [1.807, 2.05) is 0 Å². The van der Waals surface area contributed by atoms with Crippen molar-refractivity contribution in [1.29, 1.82) is 0 Å². The lowest BCUT2D eigenvalue weighted by Gasteiger charge is -1.98. The van der Waals surface area contributed by atoms with Crippen molar-refractivity contribution in [2.45, 2.75) is 0 Å². The van der Waals surface area contributed by atoms with Crippen molar-refractivity contribution < 1.29 is 9.59 Å². The van der Waals surface area contributed by atoms with Crippen molar-refractivity contribution in [2.24, 2.45) is 20.5 Å². The van der Waals surface area contributed by atoms with E-state index in [1.165, 1.54) is 18.2 Å². The third-order valence-corrected chi connectivity index (χ3v) is 5.54. The van der Waals surface area contributed by atoms with Gasteiger partial charge in [-0.15, -0.1) is 0 Å². The first-order chi connectivity index (χ1) is 21.4. The van der Waals surface area contributed by atoms with Gasteiger partial charge in [0.05, 0.1) is 0 Å². The minimum absolute atomic E-state index is 0.161. The molecule has 0 atom stereocenters. The second-order valence-corrected chi connectivity index (χ2v) is 8.44. The molecule has 0 heterocycles. The molecule has 4 rings (SSSR count). The van der Waals surface area contributed by atoms with Crippen LogP contribution in [0.5, 0.6) is 0 Å². The van der Waals surface area contributed by atoms with E-state index in [0.29, 0.717) is 33.9 Å². The molecule has 0 fully saturated rings. The average molecular weight is 581 g/mol. The summed E-state index contributed by atoms with van der Waals surface area (Å²) >= 11 is 0. The minimum Gasteiger partial charge on any atom is -0.289 e. The molecule has 0 saturated heterocycles. The lowest BCUT2D eigenvalue weighted by Crippen LogP contribution is -1.93. The van der Waals surface area contributed by atoms with Crippen molar-refractivity contribution in [3.8, 4) is 0 Å². The number of benzene rings is 4. The molecule has 0 aliphatic rings. The number of allylic oxidation sites excluding steroid dienone is 2. The number of carbonyl (C=O) groups excluding carboxylic acids is 2. The third-order valence-electron chi connectivity index (χ3n) is 5.54. The number of nitrogens with zero attached hydrogens (tertiary/aromatic N) is 12. The summed E-state index contributed by atoms with van der Waals surface area (Å²) in [4.78, 5) is 34.8. The van der Waals surface area contributed by atoms with E-state index in [2.05, 4.69) is 40.1 Å². The van der Waals surface area contributed by atoms with E-state index in [9.17, 15) is 9.59 Å². The molecule has 0 aliphatic heterocycles. The Balaban J connectivity index is 0.000000240. The molecule has 4 aromatic carbocycles. The maximum atomic E-state index is 12.1. The van der Waals surface area contributed by atoms with Crippen LogP contribution in [0.4, 0.5) is 22.7 Å². The SMILES string of the molecule is [N-]=[N+]=Nc1ccc(C=CC(=O)c2ccc(N=[N+]=[N-])cc2)cc1.[N-]=[N+]=Nc1cccc(C=CC(=O)c2cccc(N=[N+]=[N-])c2)c1. The van der Waals surface area contributed by atoms with Crippen LogP contribution in [0.1, 0.15) is 31.8 Å². The van der Waals surface area contributed by atoms with E-state index >= 15 is 0 Å². The minimum atomic E-state index is -0.218. The first kappa shape index (κ1) is 31.5. The highest BCUT2D eigenvalue weighted by Crippen LogP contribution is 2.18. The maximum Gasteiger partial charge on any atom is 0.185 e. The van der Waals surface area contributed by atoms with Gasteiger partial charge in [-0.25, -0.2) is 0 Å². The molecule has 0 unspecified atom stereocenters. The Bertz CT molecular complexity index is 1910. The van der Waals surface area contributed by atoms with Crippen molar-refractivity contribution >= 4 is 46.5 Å². The summed E-state index contributed by atoms with van der Waals surface area (Å²) in [6.45, 7) is 0. The Kier molecular flexibility index (Phi) is 12.1. The second-order valence-electron chi connectivity index (χ2n) is 8.44. The highest BCUT2D eigenvalue weighted by molar-refractivity contribution is 6.07. The molecule has 0 spiro atoms. The number of hydrogen-bond acceptors (Lipinski definition) is 6. The average Bonchev–Trinajstić information content (AvgIpc) is 3.05. The lowest BCUT2D eigenvalue weighted by molar-refractivity contribution is 0.104.